The Bertz CT molecular complexity index is 556. The van der Waals surface area contributed by atoms with Gasteiger partial charge in [-0.05, 0) is 11.6 Å². The van der Waals surface area contributed by atoms with E-state index in [1.165, 1.54) is 0 Å². The first-order valence-electron chi connectivity index (χ1n) is 5.22. The van der Waals surface area contributed by atoms with E-state index in [-0.39, 0.29) is 6.02 Å². The molecule has 1 fully saturated rings. The number of rotatable bonds is 3. The minimum absolute atomic E-state index is 0.132. The second-order valence-corrected chi connectivity index (χ2v) is 5.90. The van der Waals surface area contributed by atoms with Crippen LogP contribution < -0.4 is 0 Å². The summed E-state index contributed by atoms with van der Waals surface area (Å²) in [5.74, 6) is 0. The van der Waals surface area contributed by atoms with Crippen LogP contribution in [0.1, 0.15) is 5.56 Å². The largest absolute Gasteiger partial charge is 0.463 e. The first-order chi connectivity index (χ1) is 8.44. The number of hydrogen-bond acceptors (Lipinski definition) is 4. The first kappa shape index (κ1) is 13.1. The third kappa shape index (κ3) is 3.58. The van der Waals surface area contributed by atoms with Gasteiger partial charge in [-0.25, -0.2) is 13.4 Å². The van der Waals surface area contributed by atoms with Gasteiger partial charge in [0.15, 0.2) is 0 Å². The molecule has 8 heteroatoms. The Morgan fingerprint density at radius 1 is 1.56 bits per heavy atom. The van der Waals surface area contributed by atoms with E-state index >= 15 is 0 Å². The predicted octanol–water partition coefficient (Wildman–Crippen LogP) is 0.883. The van der Waals surface area contributed by atoms with E-state index in [1.807, 2.05) is 6.07 Å². The van der Waals surface area contributed by atoms with Crippen molar-refractivity contribution < 1.29 is 13.2 Å². The van der Waals surface area contributed by atoms with Crippen molar-refractivity contribution in [3.8, 4) is 0 Å². The number of aromatic nitrogens is 1. The zero-order valence-corrected chi connectivity index (χ0v) is 11.3. The van der Waals surface area contributed by atoms with Crippen LogP contribution in [-0.4, -0.2) is 43.7 Å². The molecule has 0 N–H and O–H groups in total. The molecule has 2 heterocycles. The van der Waals surface area contributed by atoms with Crippen molar-refractivity contribution in [1.82, 2.24) is 9.88 Å². The van der Waals surface area contributed by atoms with Crippen LogP contribution in [0.5, 0.6) is 0 Å². The summed E-state index contributed by atoms with van der Waals surface area (Å²) >= 11 is 5.69. The highest BCUT2D eigenvalue weighted by atomic mass is 35.5. The van der Waals surface area contributed by atoms with Crippen LogP contribution >= 0.6 is 11.6 Å². The van der Waals surface area contributed by atoms with E-state index in [0.717, 1.165) is 11.8 Å². The van der Waals surface area contributed by atoms with Crippen LogP contribution in [0.4, 0.5) is 0 Å². The van der Waals surface area contributed by atoms with Crippen molar-refractivity contribution in [3.63, 3.8) is 0 Å². The molecule has 6 nitrogen and oxygen atoms in total. The monoisotopic (exact) mass is 289 g/mol. The Morgan fingerprint density at radius 2 is 2.33 bits per heavy atom. The quantitative estimate of drug-likeness (QED) is 0.773. The van der Waals surface area contributed by atoms with Crippen LogP contribution in [0, 0.1) is 0 Å². The summed E-state index contributed by atoms with van der Waals surface area (Å²) in [5.41, 5.74) is 0.908. The third-order valence-electron chi connectivity index (χ3n) is 2.27. The average Bonchev–Trinajstić information content (AvgIpc) is 2.67. The minimum Gasteiger partial charge on any atom is -0.463 e. The van der Waals surface area contributed by atoms with Gasteiger partial charge in [0.2, 0.25) is 0 Å². The maximum absolute atomic E-state index is 11.1. The molecule has 0 atom stereocenters. The van der Waals surface area contributed by atoms with Gasteiger partial charge in [0, 0.05) is 12.7 Å². The fourth-order valence-electron chi connectivity index (χ4n) is 1.53. The maximum Gasteiger partial charge on any atom is 0.303 e. The number of amidine groups is 1. The summed E-state index contributed by atoms with van der Waals surface area (Å²) in [5, 5.41) is 0.418. The molecule has 1 saturated heterocycles. The zero-order valence-electron chi connectivity index (χ0n) is 9.71. The van der Waals surface area contributed by atoms with Crippen LogP contribution in [0.2, 0.25) is 5.15 Å². The average molecular weight is 290 g/mol. The highest BCUT2D eigenvalue weighted by Crippen LogP contribution is 2.12. The molecule has 0 aromatic carbocycles. The zero-order chi connectivity index (χ0) is 13.2. The van der Waals surface area contributed by atoms with Gasteiger partial charge in [-0.15, -0.1) is 4.40 Å². The van der Waals surface area contributed by atoms with E-state index in [2.05, 4.69) is 9.38 Å². The number of halogens is 1. The molecule has 98 valence electrons. The molecule has 1 aliphatic heterocycles. The molecule has 0 radical (unpaired) electrons. The fourth-order valence-corrected chi connectivity index (χ4v) is 2.09. The van der Waals surface area contributed by atoms with Crippen molar-refractivity contribution in [2.24, 2.45) is 4.40 Å². The van der Waals surface area contributed by atoms with Gasteiger partial charge in [-0.3, -0.25) is 0 Å². The normalized spacial score (nSPS) is 18.1. The lowest BCUT2D eigenvalue weighted by Crippen LogP contribution is -2.26. The van der Waals surface area contributed by atoms with Crippen molar-refractivity contribution in [1.29, 1.82) is 0 Å². The summed E-state index contributed by atoms with van der Waals surface area (Å²) in [6.07, 6.45) is 2.67. The van der Waals surface area contributed by atoms with Crippen LogP contribution in [0.3, 0.4) is 0 Å². The molecule has 1 aromatic heterocycles. The first-order valence-corrected chi connectivity index (χ1v) is 7.45. The van der Waals surface area contributed by atoms with E-state index in [0.29, 0.717) is 24.8 Å². The maximum atomic E-state index is 11.1. The number of ether oxygens (including phenoxy) is 1. The second-order valence-electron chi connectivity index (χ2n) is 3.87. The Morgan fingerprint density at radius 3 is 2.94 bits per heavy atom. The number of pyridine rings is 1. The van der Waals surface area contributed by atoms with Crippen molar-refractivity contribution in [3.05, 3.63) is 29.0 Å². The Kier molecular flexibility index (Phi) is 3.72. The molecule has 0 spiro atoms. The lowest BCUT2D eigenvalue weighted by atomic mass is 10.3. The standard InChI is InChI=1S/C10H12ClN3O3S/c1-18(15,16)13-10-14(4-5-17-10)7-8-2-3-9(11)12-6-8/h2-3,6H,4-5,7H2,1H3/b13-10+. The molecule has 0 aliphatic carbocycles. The number of sulfonamides is 1. The van der Waals surface area contributed by atoms with Crippen LogP contribution in [-0.2, 0) is 21.3 Å². The van der Waals surface area contributed by atoms with Gasteiger partial charge in [0.05, 0.1) is 12.8 Å². The Hall–Kier alpha value is -1.34. The lowest BCUT2D eigenvalue weighted by molar-refractivity contribution is 0.352. The molecule has 1 aliphatic rings. The molecule has 0 saturated carbocycles. The van der Waals surface area contributed by atoms with Crippen molar-refractivity contribution >= 4 is 27.6 Å². The number of nitrogens with zero attached hydrogens (tertiary/aromatic N) is 3. The topological polar surface area (TPSA) is 71.9 Å². The van der Waals surface area contributed by atoms with Gasteiger partial charge in [0.25, 0.3) is 10.0 Å². The van der Waals surface area contributed by atoms with Crippen LogP contribution in [0.25, 0.3) is 0 Å². The van der Waals surface area contributed by atoms with Crippen molar-refractivity contribution in [2.75, 3.05) is 19.4 Å². The molecule has 0 amide bonds. The Balaban J connectivity index is 2.13. The molecule has 1 aromatic rings. The van der Waals surface area contributed by atoms with Gasteiger partial charge in [-0.2, -0.15) is 0 Å². The molecule has 0 unspecified atom stereocenters. The molecule has 18 heavy (non-hydrogen) atoms. The lowest BCUT2D eigenvalue weighted by Gasteiger charge is -2.15. The van der Waals surface area contributed by atoms with Gasteiger partial charge >= 0.3 is 6.02 Å². The SMILES string of the molecule is CS(=O)(=O)/N=C1/OCCN1Cc1ccc(Cl)nc1. The molecule has 0 bridgehead atoms. The van der Waals surface area contributed by atoms with E-state index in [9.17, 15) is 8.42 Å². The van der Waals surface area contributed by atoms with Crippen molar-refractivity contribution in [2.45, 2.75) is 6.54 Å². The molecular weight excluding hydrogens is 278 g/mol. The predicted molar refractivity (Wildman–Crippen MR) is 67.9 cm³/mol. The molecular formula is C10H12ClN3O3S. The summed E-state index contributed by atoms with van der Waals surface area (Å²) in [6, 6.07) is 3.64. The van der Waals surface area contributed by atoms with E-state index in [1.54, 1.807) is 17.2 Å². The smallest absolute Gasteiger partial charge is 0.303 e. The van der Waals surface area contributed by atoms with Gasteiger partial charge in [0.1, 0.15) is 11.8 Å². The van der Waals surface area contributed by atoms with E-state index < -0.39 is 10.0 Å². The number of hydrogen-bond donors (Lipinski definition) is 0. The highest BCUT2D eigenvalue weighted by Gasteiger charge is 2.22. The summed E-state index contributed by atoms with van der Waals surface area (Å²) in [7, 11) is -3.45. The van der Waals surface area contributed by atoms with Gasteiger partial charge < -0.3 is 9.64 Å². The summed E-state index contributed by atoms with van der Waals surface area (Å²) in [6.45, 7) is 1.50. The molecule has 2 rings (SSSR count). The second kappa shape index (κ2) is 5.11. The highest BCUT2D eigenvalue weighted by molar-refractivity contribution is 7.89. The fraction of sp³-hybridized carbons (Fsp3) is 0.400. The van der Waals surface area contributed by atoms with Crippen LogP contribution in [0.15, 0.2) is 22.7 Å². The van der Waals surface area contributed by atoms with Gasteiger partial charge in [-0.1, -0.05) is 17.7 Å². The summed E-state index contributed by atoms with van der Waals surface area (Å²) < 4.78 is 30.9. The Labute approximate surface area is 110 Å². The van der Waals surface area contributed by atoms with E-state index in [4.69, 9.17) is 16.3 Å². The third-order valence-corrected chi connectivity index (χ3v) is 2.98. The minimum atomic E-state index is -3.45. The summed E-state index contributed by atoms with van der Waals surface area (Å²) in [4.78, 5) is 5.70.